The highest BCUT2D eigenvalue weighted by Crippen LogP contribution is 2.28. The topological polar surface area (TPSA) is 126 Å². The minimum absolute atomic E-state index is 0.139. The Bertz CT molecular complexity index is 1330. The number of hydrogen-bond acceptors (Lipinski definition) is 8. The zero-order chi connectivity index (χ0) is 24.5. The maximum Gasteiger partial charge on any atom is 0.274 e. The van der Waals surface area contributed by atoms with Crippen LogP contribution in [0.3, 0.4) is 0 Å². The van der Waals surface area contributed by atoms with Gasteiger partial charge in [-0.3, -0.25) is 9.36 Å². The number of sulfonamides is 1. The van der Waals surface area contributed by atoms with E-state index in [0.717, 1.165) is 12.8 Å². The van der Waals surface area contributed by atoms with Crippen molar-refractivity contribution < 1.29 is 13.5 Å². The first-order chi connectivity index (χ1) is 16.2. The van der Waals surface area contributed by atoms with Crippen LogP contribution in [0.4, 0.5) is 5.95 Å². The Labute approximate surface area is 198 Å². The maximum absolute atomic E-state index is 12.6. The lowest BCUT2D eigenvalue weighted by Gasteiger charge is -2.38. The van der Waals surface area contributed by atoms with Crippen LogP contribution < -0.4 is 10.5 Å². The molecule has 12 heteroatoms. The molecule has 1 atom stereocenters. The lowest BCUT2D eigenvalue weighted by Crippen LogP contribution is -2.54. The number of aliphatic hydroxyl groups is 1. The quantitative estimate of drug-likeness (QED) is 0.461. The molecule has 3 heterocycles. The highest BCUT2D eigenvalue weighted by atomic mass is 32.2. The Morgan fingerprint density at radius 1 is 1.09 bits per heavy atom. The molecule has 0 saturated carbocycles. The van der Waals surface area contributed by atoms with E-state index in [9.17, 15) is 18.3 Å². The molecule has 1 aromatic carbocycles. The van der Waals surface area contributed by atoms with Crippen LogP contribution in [0, 0.1) is 0 Å². The van der Waals surface area contributed by atoms with Gasteiger partial charge in [-0.25, -0.2) is 13.1 Å². The van der Waals surface area contributed by atoms with Gasteiger partial charge >= 0.3 is 0 Å². The lowest BCUT2D eigenvalue weighted by molar-refractivity contribution is 0.281. The number of nitrogens with zero attached hydrogens (tertiary/aromatic N) is 7. The lowest BCUT2D eigenvalue weighted by atomic mass is 10.1. The molecule has 0 unspecified atom stereocenters. The zero-order valence-corrected chi connectivity index (χ0v) is 20.6. The molecular formula is C22H31N7O4S. The summed E-state index contributed by atoms with van der Waals surface area (Å²) in [4.78, 5) is 14.7. The van der Waals surface area contributed by atoms with E-state index < -0.39 is 10.0 Å². The van der Waals surface area contributed by atoms with Crippen LogP contribution in [0.15, 0.2) is 29.1 Å². The fraction of sp³-hybridized carbons (Fsp3) is 0.545. The molecule has 0 radical (unpaired) electrons. The van der Waals surface area contributed by atoms with Gasteiger partial charge in [0.1, 0.15) is 5.69 Å². The van der Waals surface area contributed by atoms with Crippen LogP contribution >= 0.6 is 0 Å². The van der Waals surface area contributed by atoms with Crippen LogP contribution in [-0.2, 0) is 23.6 Å². The molecule has 0 aliphatic carbocycles. The van der Waals surface area contributed by atoms with E-state index in [1.807, 2.05) is 29.7 Å². The minimum Gasteiger partial charge on any atom is -0.396 e. The van der Waals surface area contributed by atoms with E-state index in [0.29, 0.717) is 60.8 Å². The summed E-state index contributed by atoms with van der Waals surface area (Å²) in [6.45, 7) is 3.99. The van der Waals surface area contributed by atoms with E-state index in [2.05, 4.69) is 20.2 Å². The third-order valence-corrected chi connectivity index (χ3v) is 7.61. The largest absolute Gasteiger partial charge is 0.396 e. The SMILES string of the molecule is C[C@H]1CN(c2nnc(-c3nn(C)c(=O)c4ccccc34)n2CCCCCO)CCN1S(C)(=O)=O. The van der Waals surface area contributed by atoms with Crippen molar-refractivity contribution in [3.8, 4) is 11.5 Å². The molecule has 1 saturated heterocycles. The first kappa shape index (κ1) is 24.3. The molecule has 0 spiro atoms. The molecule has 11 nitrogen and oxygen atoms in total. The summed E-state index contributed by atoms with van der Waals surface area (Å²) >= 11 is 0. The molecule has 0 bridgehead atoms. The van der Waals surface area contributed by atoms with Crippen molar-refractivity contribution in [1.82, 2.24) is 28.9 Å². The number of hydrogen-bond donors (Lipinski definition) is 1. The fourth-order valence-corrected chi connectivity index (χ4v) is 5.68. The number of aryl methyl sites for hydroxylation is 1. The van der Waals surface area contributed by atoms with E-state index in [1.54, 1.807) is 13.1 Å². The Morgan fingerprint density at radius 2 is 1.82 bits per heavy atom. The van der Waals surface area contributed by atoms with E-state index >= 15 is 0 Å². The van der Waals surface area contributed by atoms with Gasteiger partial charge in [0.2, 0.25) is 16.0 Å². The predicted molar refractivity (Wildman–Crippen MR) is 130 cm³/mol. The predicted octanol–water partition coefficient (Wildman–Crippen LogP) is 0.825. The number of piperazine rings is 1. The van der Waals surface area contributed by atoms with Gasteiger partial charge in [0.25, 0.3) is 5.56 Å². The molecule has 0 amide bonds. The molecule has 3 aromatic rings. The zero-order valence-electron chi connectivity index (χ0n) is 19.8. The van der Waals surface area contributed by atoms with Gasteiger partial charge in [-0.2, -0.15) is 9.40 Å². The van der Waals surface area contributed by atoms with Crippen LogP contribution in [0.2, 0.25) is 0 Å². The summed E-state index contributed by atoms with van der Waals surface area (Å²) < 4.78 is 29.0. The first-order valence-electron chi connectivity index (χ1n) is 11.4. The average Bonchev–Trinajstić information content (AvgIpc) is 3.22. The molecule has 1 N–H and O–H groups in total. The smallest absolute Gasteiger partial charge is 0.274 e. The Morgan fingerprint density at radius 3 is 2.50 bits per heavy atom. The van der Waals surface area contributed by atoms with Gasteiger partial charge < -0.3 is 10.0 Å². The van der Waals surface area contributed by atoms with E-state index in [1.165, 1.54) is 15.2 Å². The van der Waals surface area contributed by atoms with Crippen LogP contribution in [0.5, 0.6) is 0 Å². The van der Waals surface area contributed by atoms with Gasteiger partial charge in [-0.1, -0.05) is 18.2 Å². The summed E-state index contributed by atoms with van der Waals surface area (Å²) in [7, 11) is -1.67. The second kappa shape index (κ2) is 9.80. The molecule has 1 fully saturated rings. The van der Waals surface area contributed by atoms with Crippen LogP contribution in [-0.4, -0.2) is 80.9 Å². The molecule has 4 rings (SSSR count). The number of unbranched alkanes of at least 4 members (excludes halogenated alkanes) is 2. The molecule has 1 aliphatic rings. The van der Waals surface area contributed by atoms with Crippen molar-refractivity contribution in [2.24, 2.45) is 7.05 Å². The van der Waals surface area contributed by atoms with Crippen LogP contribution in [0.25, 0.3) is 22.3 Å². The highest BCUT2D eigenvalue weighted by molar-refractivity contribution is 7.88. The van der Waals surface area contributed by atoms with Gasteiger partial charge in [-0.05, 0) is 32.3 Å². The molecule has 184 valence electrons. The second-order valence-electron chi connectivity index (χ2n) is 8.75. The number of aromatic nitrogens is 5. The summed E-state index contributed by atoms with van der Waals surface area (Å²) in [5, 5.41) is 23.9. The summed E-state index contributed by atoms with van der Waals surface area (Å²) in [5.74, 6) is 1.21. The van der Waals surface area contributed by atoms with Gasteiger partial charge in [0.05, 0.1) is 11.6 Å². The van der Waals surface area contributed by atoms with Crippen molar-refractivity contribution in [2.45, 2.75) is 38.8 Å². The van der Waals surface area contributed by atoms with Crippen molar-refractivity contribution in [3.63, 3.8) is 0 Å². The van der Waals surface area contributed by atoms with Crippen molar-refractivity contribution in [2.75, 3.05) is 37.4 Å². The van der Waals surface area contributed by atoms with Crippen molar-refractivity contribution in [3.05, 3.63) is 34.6 Å². The highest BCUT2D eigenvalue weighted by Gasteiger charge is 2.32. The molecular weight excluding hydrogens is 458 g/mol. The third kappa shape index (κ3) is 4.70. The maximum atomic E-state index is 12.6. The number of anilines is 1. The minimum atomic E-state index is -3.28. The van der Waals surface area contributed by atoms with Crippen LogP contribution in [0.1, 0.15) is 26.2 Å². The summed E-state index contributed by atoms with van der Waals surface area (Å²) in [6.07, 6.45) is 3.59. The van der Waals surface area contributed by atoms with Crippen molar-refractivity contribution >= 4 is 26.7 Å². The third-order valence-electron chi connectivity index (χ3n) is 6.21. The number of fused-ring (bicyclic) bond motifs is 1. The summed E-state index contributed by atoms with van der Waals surface area (Å²) in [6, 6.07) is 7.11. The fourth-order valence-electron chi connectivity index (χ4n) is 4.55. The van der Waals surface area contributed by atoms with E-state index in [-0.39, 0.29) is 18.2 Å². The number of benzene rings is 1. The monoisotopic (exact) mass is 489 g/mol. The average molecular weight is 490 g/mol. The number of rotatable bonds is 8. The Hall–Kier alpha value is -2.83. The van der Waals surface area contributed by atoms with Gasteiger partial charge in [-0.15, -0.1) is 10.2 Å². The second-order valence-corrected chi connectivity index (χ2v) is 10.7. The standard InChI is InChI=1S/C22H31N7O4S/c1-16-15-27(12-13-29(16)34(3,32)33)22-24-23-20(28(22)11-7-4-8-14-30)19-17-9-5-6-10-18(17)21(31)26(2)25-19/h5-6,9-10,16,30H,4,7-8,11-15H2,1-3H3/t16-/m0/s1. The first-order valence-corrected chi connectivity index (χ1v) is 13.3. The normalized spacial score (nSPS) is 17.5. The van der Waals surface area contributed by atoms with Gasteiger partial charge in [0, 0.05) is 51.3 Å². The van der Waals surface area contributed by atoms with Crippen molar-refractivity contribution in [1.29, 1.82) is 0 Å². The molecule has 2 aromatic heterocycles. The van der Waals surface area contributed by atoms with Gasteiger partial charge in [0.15, 0.2) is 5.82 Å². The Kier molecular flexibility index (Phi) is 7.01. The number of aliphatic hydroxyl groups excluding tert-OH is 1. The Balaban J connectivity index is 1.76. The summed E-state index contributed by atoms with van der Waals surface area (Å²) in [5.41, 5.74) is 0.390. The molecule has 1 aliphatic heterocycles. The molecule has 34 heavy (non-hydrogen) atoms. The van der Waals surface area contributed by atoms with E-state index in [4.69, 9.17) is 0 Å².